The Labute approximate surface area is 220 Å². The molecule has 0 aromatic rings. The maximum atomic E-state index is 13.8. The van der Waals surface area contributed by atoms with Crippen LogP contribution in [-0.2, 0) is 19.1 Å². The van der Waals surface area contributed by atoms with Crippen LogP contribution in [0.15, 0.2) is 0 Å². The zero-order valence-corrected chi connectivity index (χ0v) is 23.3. The third kappa shape index (κ3) is 8.88. The van der Waals surface area contributed by atoms with Crippen LogP contribution in [0.4, 0.5) is 4.79 Å². The summed E-state index contributed by atoms with van der Waals surface area (Å²) in [6.07, 6.45) is 1.56. The van der Waals surface area contributed by atoms with Gasteiger partial charge in [-0.3, -0.25) is 14.4 Å². The molecule has 0 spiro atoms. The monoisotopic (exact) mass is 520 g/mol. The van der Waals surface area contributed by atoms with E-state index in [1.54, 1.807) is 0 Å². The lowest BCUT2D eigenvalue weighted by atomic mass is 9.85. The molecule has 0 aromatic carbocycles. The third-order valence-electron chi connectivity index (χ3n) is 6.44. The van der Waals surface area contributed by atoms with Crippen LogP contribution in [0.25, 0.3) is 0 Å². The lowest BCUT2D eigenvalue weighted by molar-refractivity contribution is -0.142. The maximum Gasteiger partial charge on any atom is 0.315 e. The van der Waals surface area contributed by atoms with Crippen molar-refractivity contribution >= 4 is 23.8 Å². The van der Waals surface area contributed by atoms with Crippen molar-refractivity contribution in [2.24, 2.45) is 11.3 Å². The van der Waals surface area contributed by atoms with Gasteiger partial charge in [0.25, 0.3) is 0 Å². The average molecular weight is 521 g/mol. The second-order valence-electron chi connectivity index (χ2n) is 12.1. The molecular formula is C26H44N6O5. The van der Waals surface area contributed by atoms with Crippen molar-refractivity contribution in [2.45, 2.75) is 104 Å². The molecule has 0 saturated carbocycles. The largest absolute Gasteiger partial charge is 0.376 e. The number of hydrogen-bond donors (Lipinski definition) is 4. The highest BCUT2D eigenvalue weighted by Gasteiger charge is 2.45. The fourth-order valence-corrected chi connectivity index (χ4v) is 4.58. The first kappa shape index (κ1) is 30.4. The van der Waals surface area contributed by atoms with Gasteiger partial charge in [-0.2, -0.15) is 5.26 Å². The van der Waals surface area contributed by atoms with E-state index in [2.05, 4.69) is 27.3 Å². The van der Waals surface area contributed by atoms with E-state index in [-0.39, 0.29) is 43.2 Å². The van der Waals surface area contributed by atoms with Gasteiger partial charge in [0.2, 0.25) is 17.7 Å². The molecule has 11 heteroatoms. The number of nitrogens with one attached hydrogen (secondary N) is 4. The van der Waals surface area contributed by atoms with Gasteiger partial charge in [-0.1, -0.05) is 27.7 Å². The molecule has 0 aliphatic carbocycles. The van der Waals surface area contributed by atoms with Gasteiger partial charge in [0.05, 0.1) is 12.2 Å². The second-order valence-corrected chi connectivity index (χ2v) is 12.1. The standard InChI is InChI=1S/C26H44N6O5/c1-8-11-37-18-13-19(22(34)29-17(14-27)12-16-9-10-28-21(16)33)32(15-18)23(35)20(25(2,3)4)30-24(36)31-26(5,6)7/h16-20H,8-13,15H2,1-7H3,(H,28,33)(H,29,34)(H2,30,31,36)/t16-,17?,18+,19-,20+/m0/s1. The molecule has 0 radical (unpaired) electrons. The molecular weight excluding hydrogens is 476 g/mol. The Hall–Kier alpha value is -2.87. The summed E-state index contributed by atoms with van der Waals surface area (Å²) in [4.78, 5) is 53.3. The van der Waals surface area contributed by atoms with E-state index in [9.17, 15) is 24.4 Å². The Balaban J connectivity index is 2.22. The first-order valence-electron chi connectivity index (χ1n) is 13.1. The Bertz CT molecular complexity index is 887. The van der Waals surface area contributed by atoms with E-state index < -0.39 is 41.0 Å². The van der Waals surface area contributed by atoms with Gasteiger partial charge in [0.1, 0.15) is 18.1 Å². The van der Waals surface area contributed by atoms with Crippen LogP contribution in [0.3, 0.4) is 0 Å². The summed E-state index contributed by atoms with van der Waals surface area (Å²) in [5.74, 6) is -1.30. The number of urea groups is 1. The minimum atomic E-state index is -0.899. The van der Waals surface area contributed by atoms with E-state index in [1.165, 1.54) is 4.90 Å². The van der Waals surface area contributed by atoms with Gasteiger partial charge < -0.3 is 30.9 Å². The molecule has 2 aliphatic heterocycles. The number of amides is 5. The Morgan fingerprint density at radius 3 is 2.38 bits per heavy atom. The van der Waals surface area contributed by atoms with Crippen molar-refractivity contribution in [1.29, 1.82) is 5.26 Å². The highest BCUT2D eigenvalue weighted by Crippen LogP contribution is 2.28. The number of ether oxygens (including phenoxy) is 1. The van der Waals surface area contributed by atoms with Gasteiger partial charge in [-0.15, -0.1) is 0 Å². The first-order valence-corrected chi connectivity index (χ1v) is 13.1. The molecule has 11 nitrogen and oxygen atoms in total. The van der Waals surface area contributed by atoms with E-state index in [0.29, 0.717) is 19.6 Å². The number of nitrogens with zero attached hydrogens (tertiary/aromatic N) is 2. The summed E-state index contributed by atoms with van der Waals surface area (Å²) in [5, 5.41) is 20.7. The van der Waals surface area contributed by atoms with Crippen molar-refractivity contribution in [3.63, 3.8) is 0 Å². The van der Waals surface area contributed by atoms with Crippen molar-refractivity contribution in [3.05, 3.63) is 0 Å². The van der Waals surface area contributed by atoms with Gasteiger partial charge in [0.15, 0.2) is 0 Å². The van der Waals surface area contributed by atoms with Crippen LogP contribution in [0.5, 0.6) is 0 Å². The lowest BCUT2D eigenvalue weighted by Crippen LogP contribution is -2.60. The molecule has 4 N–H and O–H groups in total. The molecule has 2 rings (SSSR count). The predicted octanol–water partition coefficient (Wildman–Crippen LogP) is 1.43. The SMILES string of the molecule is CCCO[C@@H]1C[C@@H](C(=O)NC(C#N)C[C@@H]2CCNC2=O)N(C(=O)[C@@H](NC(=O)NC(C)(C)C)C(C)(C)C)C1. The fraction of sp³-hybridized carbons (Fsp3) is 0.808. The van der Waals surface area contributed by atoms with Crippen LogP contribution in [-0.4, -0.2) is 78.1 Å². The van der Waals surface area contributed by atoms with Crippen molar-refractivity contribution in [1.82, 2.24) is 26.2 Å². The fourth-order valence-electron chi connectivity index (χ4n) is 4.58. The summed E-state index contributed by atoms with van der Waals surface area (Å²) in [6, 6.07) is -1.02. The van der Waals surface area contributed by atoms with E-state index in [0.717, 1.165) is 6.42 Å². The smallest absolute Gasteiger partial charge is 0.315 e. The van der Waals surface area contributed by atoms with E-state index in [1.807, 2.05) is 48.5 Å². The number of carbonyl (C=O) groups excluding carboxylic acids is 4. The summed E-state index contributed by atoms with van der Waals surface area (Å²) in [5.41, 5.74) is -1.13. The molecule has 208 valence electrons. The molecule has 0 aromatic heterocycles. The first-order chi connectivity index (χ1) is 17.2. The maximum absolute atomic E-state index is 13.8. The number of rotatable bonds is 9. The lowest BCUT2D eigenvalue weighted by Gasteiger charge is -2.36. The van der Waals surface area contributed by atoms with Crippen LogP contribution < -0.4 is 21.3 Å². The Morgan fingerprint density at radius 2 is 1.86 bits per heavy atom. The van der Waals surface area contributed by atoms with Crippen LogP contribution >= 0.6 is 0 Å². The minimum Gasteiger partial charge on any atom is -0.376 e. The highest BCUT2D eigenvalue weighted by molar-refractivity contribution is 5.93. The van der Waals surface area contributed by atoms with Gasteiger partial charge in [-0.25, -0.2) is 4.79 Å². The summed E-state index contributed by atoms with van der Waals surface area (Å²) >= 11 is 0. The van der Waals surface area contributed by atoms with E-state index in [4.69, 9.17) is 4.74 Å². The number of carbonyl (C=O) groups is 4. The summed E-state index contributed by atoms with van der Waals surface area (Å²) in [7, 11) is 0. The van der Waals surface area contributed by atoms with E-state index >= 15 is 0 Å². The number of hydrogen-bond acceptors (Lipinski definition) is 6. The number of nitriles is 1. The van der Waals surface area contributed by atoms with Crippen LogP contribution in [0, 0.1) is 22.7 Å². The van der Waals surface area contributed by atoms with Crippen molar-refractivity contribution in [2.75, 3.05) is 19.7 Å². The topological polar surface area (TPSA) is 153 Å². The van der Waals surface area contributed by atoms with Crippen molar-refractivity contribution < 1.29 is 23.9 Å². The molecule has 5 atom stereocenters. The highest BCUT2D eigenvalue weighted by atomic mass is 16.5. The van der Waals surface area contributed by atoms with Crippen LogP contribution in [0.2, 0.25) is 0 Å². The average Bonchev–Trinajstić information content (AvgIpc) is 3.39. The molecule has 2 heterocycles. The molecule has 0 bridgehead atoms. The zero-order chi connectivity index (χ0) is 28.0. The molecule has 37 heavy (non-hydrogen) atoms. The zero-order valence-electron chi connectivity index (χ0n) is 23.3. The molecule has 2 saturated heterocycles. The molecule has 2 aliphatic rings. The van der Waals surface area contributed by atoms with Gasteiger partial charge in [-0.05, 0) is 45.4 Å². The second kappa shape index (κ2) is 12.6. The number of likely N-dealkylation sites (tertiary alicyclic amines) is 1. The Kier molecular flexibility index (Phi) is 10.3. The normalized spacial score (nSPS) is 23.6. The molecule has 1 unspecified atom stereocenters. The van der Waals surface area contributed by atoms with Gasteiger partial charge in [0, 0.05) is 37.6 Å². The van der Waals surface area contributed by atoms with Gasteiger partial charge >= 0.3 is 6.03 Å². The predicted molar refractivity (Wildman–Crippen MR) is 138 cm³/mol. The third-order valence-corrected chi connectivity index (χ3v) is 6.44. The summed E-state index contributed by atoms with van der Waals surface area (Å²) < 4.78 is 5.89. The summed E-state index contributed by atoms with van der Waals surface area (Å²) in [6.45, 7) is 14.3. The molecule has 2 fully saturated rings. The quantitative estimate of drug-likeness (QED) is 0.361. The minimum absolute atomic E-state index is 0.118. The van der Waals surface area contributed by atoms with Crippen LogP contribution in [0.1, 0.15) is 74.1 Å². The van der Waals surface area contributed by atoms with Crippen molar-refractivity contribution in [3.8, 4) is 6.07 Å². The molecule has 5 amide bonds. The Morgan fingerprint density at radius 1 is 1.19 bits per heavy atom.